The molecule has 4 aromatic heterocycles. The number of nitrogens with zero attached hydrogens (tertiary/aromatic N) is 6. The number of hydrogen-bond donors (Lipinski definition) is 0. The second kappa shape index (κ2) is 17.0. The molecule has 78 heavy (non-hydrogen) atoms. The van der Waals surface area contributed by atoms with Gasteiger partial charge in [0.05, 0.1) is 84.3 Å². The summed E-state index contributed by atoms with van der Waals surface area (Å²) < 4.78 is 54.6. The Bertz CT molecular complexity index is 5020. The highest BCUT2D eigenvalue weighted by Gasteiger charge is 2.35. The molecule has 0 fully saturated rings. The van der Waals surface area contributed by atoms with Crippen LogP contribution in [0, 0.1) is 22.7 Å². The highest BCUT2D eigenvalue weighted by molar-refractivity contribution is 6.15. The van der Waals surface area contributed by atoms with Crippen LogP contribution in [-0.4, -0.2) is 18.3 Å². The fraction of sp³-hybridized carbons (Fsp3) is 0.0145. The zero-order valence-electron chi connectivity index (χ0n) is 41.3. The van der Waals surface area contributed by atoms with Crippen LogP contribution >= 0.6 is 0 Å². The van der Waals surface area contributed by atoms with E-state index in [1.54, 1.807) is 18.2 Å². The highest BCUT2D eigenvalue weighted by Crippen LogP contribution is 2.47. The normalized spacial score (nSPS) is 12.0. The second-order valence-electron chi connectivity index (χ2n) is 19.8. The van der Waals surface area contributed by atoms with Gasteiger partial charge in [-0.2, -0.15) is 23.7 Å². The zero-order chi connectivity index (χ0) is 52.4. The van der Waals surface area contributed by atoms with Gasteiger partial charge >= 0.3 is 6.18 Å². The van der Waals surface area contributed by atoms with Gasteiger partial charge < -0.3 is 18.3 Å². The Kier molecular flexibility index (Phi) is 9.75. The van der Waals surface area contributed by atoms with E-state index in [1.165, 1.54) is 12.1 Å². The SMILES string of the molecule is N#Cc1ccc(-c2ccc(-n3c4ccccc4c4cc(-n5c6ccccc6c6ccccc65)ccc43)c(-c3c(C#N)cccc3-n3c4ccccc4c4cc(-n5c6ccccc6c6ccccc65)ccc43)c2)c(C(F)(F)F)c1. The van der Waals surface area contributed by atoms with Gasteiger partial charge in [0.25, 0.3) is 0 Å². The summed E-state index contributed by atoms with van der Waals surface area (Å²) in [6, 6.07) is 82.1. The van der Waals surface area contributed by atoms with Crippen LogP contribution in [0.3, 0.4) is 0 Å². The molecule has 0 radical (unpaired) electrons. The van der Waals surface area contributed by atoms with E-state index in [2.05, 4.69) is 182 Å². The number of rotatable bonds is 6. The molecule has 6 nitrogen and oxygen atoms in total. The summed E-state index contributed by atoms with van der Waals surface area (Å²) in [7, 11) is 0. The molecule has 0 unspecified atom stereocenters. The lowest BCUT2D eigenvalue weighted by atomic mass is 9.91. The predicted octanol–water partition coefficient (Wildman–Crippen LogP) is 18.2. The van der Waals surface area contributed by atoms with Crippen molar-refractivity contribution in [3.63, 3.8) is 0 Å². The smallest absolute Gasteiger partial charge is 0.309 e. The van der Waals surface area contributed by atoms with Crippen molar-refractivity contribution in [3.8, 4) is 57.1 Å². The van der Waals surface area contributed by atoms with Crippen molar-refractivity contribution in [2.45, 2.75) is 6.18 Å². The van der Waals surface area contributed by atoms with Gasteiger partial charge in [-0.05, 0) is 120 Å². The number of aromatic nitrogens is 4. The van der Waals surface area contributed by atoms with E-state index in [9.17, 15) is 10.5 Å². The van der Waals surface area contributed by atoms with Gasteiger partial charge in [0, 0.05) is 65.6 Å². The van der Waals surface area contributed by atoms with Crippen molar-refractivity contribution in [3.05, 3.63) is 253 Å². The number of para-hydroxylation sites is 6. The van der Waals surface area contributed by atoms with Crippen LogP contribution in [0.5, 0.6) is 0 Å². The van der Waals surface area contributed by atoms with E-state index in [1.807, 2.05) is 48.5 Å². The van der Waals surface area contributed by atoms with Crippen molar-refractivity contribution in [2.75, 3.05) is 0 Å². The second-order valence-corrected chi connectivity index (χ2v) is 19.8. The monoisotopic (exact) mass is 1010 g/mol. The average molecular weight is 1010 g/mol. The Hall–Kier alpha value is -10.6. The lowest BCUT2D eigenvalue weighted by Crippen LogP contribution is -2.08. The molecule has 0 amide bonds. The summed E-state index contributed by atoms with van der Waals surface area (Å²) in [5.41, 5.74) is 11.7. The van der Waals surface area contributed by atoms with Crippen LogP contribution in [0.4, 0.5) is 13.2 Å². The molecule has 9 heteroatoms. The van der Waals surface area contributed by atoms with E-state index < -0.39 is 11.7 Å². The van der Waals surface area contributed by atoms with Crippen LogP contribution in [0.15, 0.2) is 237 Å². The molecule has 11 aromatic carbocycles. The molecule has 0 aliphatic carbocycles. The minimum absolute atomic E-state index is 0.0854. The molecule has 15 rings (SSSR count). The van der Waals surface area contributed by atoms with E-state index in [4.69, 9.17) is 0 Å². The van der Waals surface area contributed by atoms with Crippen molar-refractivity contribution >= 4 is 87.2 Å². The Morgan fingerprint density at radius 1 is 0.321 bits per heavy atom. The topological polar surface area (TPSA) is 67.3 Å². The van der Waals surface area contributed by atoms with Crippen molar-refractivity contribution in [2.24, 2.45) is 0 Å². The zero-order valence-corrected chi connectivity index (χ0v) is 41.3. The molecule has 0 N–H and O–H groups in total. The van der Waals surface area contributed by atoms with E-state index in [0.29, 0.717) is 28.1 Å². The van der Waals surface area contributed by atoms with Gasteiger partial charge in [0.1, 0.15) is 0 Å². The van der Waals surface area contributed by atoms with Crippen LogP contribution in [-0.2, 0) is 6.18 Å². The number of fused-ring (bicyclic) bond motifs is 12. The van der Waals surface area contributed by atoms with Crippen LogP contribution < -0.4 is 0 Å². The van der Waals surface area contributed by atoms with E-state index in [-0.39, 0.29) is 16.7 Å². The largest absolute Gasteiger partial charge is 0.417 e. The van der Waals surface area contributed by atoms with Gasteiger partial charge in [0.15, 0.2) is 0 Å². The van der Waals surface area contributed by atoms with E-state index >= 15 is 13.2 Å². The first kappa shape index (κ1) is 44.8. The summed E-state index contributed by atoms with van der Waals surface area (Å²) >= 11 is 0. The summed E-state index contributed by atoms with van der Waals surface area (Å²) in [5.74, 6) is 0. The highest BCUT2D eigenvalue weighted by atomic mass is 19.4. The Labute approximate surface area is 443 Å². The molecule has 15 aromatic rings. The third kappa shape index (κ3) is 6.55. The Morgan fingerprint density at radius 2 is 0.744 bits per heavy atom. The maximum absolute atomic E-state index is 15.2. The first-order chi connectivity index (χ1) is 38.3. The Balaban J connectivity index is 1.02. The Morgan fingerprint density at radius 3 is 1.19 bits per heavy atom. The van der Waals surface area contributed by atoms with Crippen LogP contribution in [0.1, 0.15) is 16.7 Å². The molecule has 0 atom stereocenters. The van der Waals surface area contributed by atoms with Crippen LogP contribution in [0.2, 0.25) is 0 Å². The summed E-state index contributed by atoms with van der Waals surface area (Å²) in [4.78, 5) is 0. The van der Waals surface area contributed by atoms with Gasteiger partial charge in [0.2, 0.25) is 0 Å². The fourth-order valence-electron chi connectivity index (χ4n) is 12.4. The summed E-state index contributed by atoms with van der Waals surface area (Å²) in [6.45, 7) is 0. The molecular formula is C69H39F3N6. The molecule has 366 valence electrons. The summed E-state index contributed by atoms with van der Waals surface area (Å²) in [6.07, 6.45) is -4.78. The maximum atomic E-state index is 15.2. The molecule has 0 saturated heterocycles. The number of benzene rings is 11. The fourth-order valence-corrected chi connectivity index (χ4v) is 12.4. The van der Waals surface area contributed by atoms with Gasteiger partial charge in [-0.1, -0.05) is 127 Å². The quantitative estimate of drug-likeness (QED) is 0.167. The minimum Gasteiger partial charge on any atom is -0.309 e. The average Bonchev–Trinajstić information content (AvgIpc) is 4.19. The lowest BCUT2D eigenvalue weighted by molar-refractivity contribution is -0.137. The van der Waals surface area contributed by atoms with Crippen molar-refractivity contribution < 1.29 is 13.2 Å². The molecule has 0 bridgehead atoms. The van der Waals surface area contributed by atoms with Crippen LogP contribution in [0.25, 0.3) is 132 Å². The molecule has 0 saturated carbocycles. The minimum atomic E-state index is -4.78. The number of nitriles is 2. The first-order valence-corrected chi connectivity index (χ1v) is 25.6. The van der Waals surface area contributed by atoms with Gasteiger partial charge in [-0.25, -0.2) is 0 Å². The summed E-state index contributed by atoms with van der Waals surface area (Å²) in [5, 5.41) is 29.6. The lowest BCUT2D eigenvalue weighted by Gasteiger charge is -2.21. The number of hydrogen-bond acceptors (Lipinski definition) is 2. The molecule has 0 spiro atoms. The number of halogens is 3. The molecule has 0 aliphatic heterocycles. The van der Waals surface area contributed by atoms with Crippen molar-refractivity contribution in [1.29, 1.82) is 10.5 Å². The molecule has 4 heterocycles. The van der Waals surface area contributed by atoms with Gasteiger partial charge in [-0.3, -0.25) is 0 Å². The third-order valence-corrected chi connectivity index (χ3v) is 15.7. The van der Waals surface area contributed by atoms with Gasteiger partial charge in [-0.15, -0.1) is 0 Å². The predicted molar refractivity (Wildman–Crippen MR) is 309 cm³/mol. The first-order valence-electron chi connectivity index (χ1n) is 25.6. The molecule has 0 aliphatic rings. The van der Waals surface area contributed by atoms with E-state index in [0.717, 1.165) is 105 Å². The maximum Gasteiger partial charge on any atom is 0.417 e. The number of alkyl halides is 3. The third-order valence-electron chi connectivity index (χ3n) is 15.7. The van der Waals surface area contributed by atoms with Crippen molar-refractivity contribution in [1.82, 2.24) is 18.3 Å². The standard InChI is InChI=1S/C69H39F3N6/c70-69(71,72)57-36-42(40-73)28-32-47(57)43-29-33-66(77-62-25-11-5-19-52(62)54-38-45(30-34-64(54)77)75-58-21-7-1-15-48(58)49-16-2-8-22-59(49)75)56(37-43)68-44(41-74)14-13-27-67(68)78-63-26-12-6-20-53(63)55-39-46(31-35-65(55)78)76-60-23-9-3-17-50(60)51-18-4-10-24-61(51)76/h1-39H. The molecular weight excluding hydrogens is 970 g/mol.